The summed E-state index contributed by atoms with van der Waals surface area (Å²) >= 11 is 1.89. The summed E-state index contributed by atoms with van der Waals surface area (Å²) in [6.45, 7) is 2.33. The van der Waals surface area contributed by atoms with Crippen molar-refractivity contribution in [3.63, 3.8) is 0 Å². The molecule has 0 saturated carbocycles. The van der Waals surface area contributed by atoms with E-state index in [9.17, 15) is 14.0 Å². The third-order valence-corrected chi connectivity index (χ3v) is 3.53. The highest BCUT2D eigenvalue weighted by Crippen LogP contribution is 2.16. The minimum atomic E-state index is -0.487. The fourth-order valence-electron chi connectivity index (χ4n) is 1.65. The topological polar surface area (TPSA) is 55.8 Å². The van der Waals surface area contributed by atoms with Crippen LogP contribution in [0.15, 0.2) is 18.2 Å². The Bertz CT molecular complexity index is 510. The number of hydrogen-bond donors (Lipinski definition) is 0. The first-order chi connectivity index (χ1) is 9.99. The Labute approximate surface area is 136 Å². The van der Waals surface area contributed by atoms with E-state index in [4.69, 9.17) is 9.47 Å². The fraction of sp³-hybridized carbons (Fsp3) is 0.429. The second kappa shape index (κ2) is 8.93. The summed E-state index contributed by atoms with van der Waals surface area (Å²) in [4.78, 5) is 25.4. The minimum absolute atomic E-state index is 0.163. The van der Waals surface area contributed by atoms with Crippen LogP contribution >= 0.6 is 22.6 Å². The van der Waals surface area contributed by atoms with Crippen molar-refractivity contribution in [3.05, 3.63) is 33.1 Å². The number of hydrogen-bond acceptors (Lipinski definition) is 4. The van der Waals surface area contributed by atoms with Gasteiger partial charge in [-0.05, 0) is 47.7 Å². The van der Waals surface area contributed by atoms with Gasteiger partial charge in [-0.2, -0.15) is 0 Å². The summed E-state index contributed by atoms with van der Waals surface area (Å²) < 4.78 is 23.4. The number of amides is 1. The number of benzene rings is 1. The summed E-state index contributed by atoms with van der Waals surface area (Å²) in [6.07, 6.45) is 0. The van der Waals surface area contributed by atoms with E-state index >= 15 is 0 Å². The molecule has 1 aromatic carbocycles. The van der Waals surface area contributed by atoms with Crippen LogP contribution in [0.4, 0.5) is 4.39 Å². The Morgan fingerprint density at radius 1 is 1.38 bits per heavy atom. The molecule has 0 aliphatic rings. The quantitative estimate of drug-likeness (QED) is 0.511. The van der Waals surface area contributed by atoms with Gasteiger partial charge in [-0.3, -0.25) is 9.59 Å². The summed E-state index contributed by atoms with van der Waals surface area (Å²) in [5.41, 5.74) is 0.345. The fourth-order valence-corrected chi connectivity index (χ4v) is 2.36. The molecule has 21 heavy (non-hydrogen) atoms. The smallest absolute Gasteiger partial charge is 0.325 e. The van der Waals surface area contributed by atoms with E-state index in [0.717, 1.165) is 0 Å². The van der Waals surface area contributed by atoms with E-state index in [1.807, 2.05) is 22.6 Å². The predicted molar refractivity (Wildman–Crippen MR) is 83.5 cm³/mol. The van der Waals surface area contributed by atoms with Gasteiger partial charge in [-0.1, -0.05) is 0 Å². The molecule has 0 saturated heterocycles. The summed E-state index contributed by atoms with van der Waals surface area (Å²) in [5, 5.41) is 0. The van der Waals surface area contributed by atoms with Crippen molar-refractivity contribution in [2.24, 2.45) is 0 Å². The molecule has 1 aromatic rings. The van der Waals surface area contributed by atoms with Gasteiger partial charge in [0.1, 0.15) is 12.4 Å². The molecule has 0 aromatic heterocycles. The molecule has 0 spiro atoms. The van der Waals surface area contributed by atoms with Crippen LogP contribution in [-0.2, 0) is 14.3 Å². The highest BCUT2D eigenvalue weighted by molar-refractivity contribution is 14.1. The molecule has 116 valence electrons. The molecule has 1 amide bonds. The molecule has 0 atom stereocenters. The second-order valence-corrected chi connectivity index (χ2v) is 5.31. The SMILES string of the molecule is CCOC(=O)CN(CCOC)C(=O)c1ccc(F)cc1I. The zero-order chi connectivity index (χ0) is 15.8. The normalized spacial score (nSPS) is 10.3. The van der Waals surface area contributed by atoms with Gasteiger partial charge < -0.3 is 14.4 Å². The van der Waals surface area contributed by atoms with Gasteiger partial charge in [0.2, 0.25) is 0 Å². The van der Waals surface area contributed by atoms with E-state index in [2.05, 4.69) is 0 Å². The Kier molecular flexibility index (Phi) is 7.58. The van der Waals surface area contributed by atoms with Crippen molar-refractivity contribution < 1.29 is 23.5 Å². The highest BCUT2D eigenvalue weighted by atomic mass is 127. The molecule has 0 N–H and O–H groups in total. The zero-order valence-corrected chi connectivity index (χ0v) is 14.1. The van der Waals surface area contributed by atoms with E-state index < -0.39 is 11.8 Å². The third kappa shape index (κ3) is 5.58. The first-order valence-corrected chi connectivity index (χ1v) is 7.46. The standard InChI is InChI=1S/C14H17FINO4/c1-3-21-13(18)9-17(6-7-20-2)14(19)11-5-4-10(15)8-12(11)16/h4-5,8H,3,6-7,9H2,1-2H3. The van der Waals surface area contributed by atoms with E-state index in [1.165, 1.54) is 30.2 Å². The lowest BCUT2D eigenvalue weighted by Crippen LogP contribution is -2.39. The second-order valence-electron chi connectivity index (χ2n) is 4.15. The average Bonchev–Trinajstić information content (AvgIpc) is 2.43. The Hall–Kier alpha value is -1.22. The first-order valence-electron chi connectivity index (χ1n) is 6.38. The summed E-state index contributed by atoms with van der Waals surface area (Å²) in [5.74, 6) is -1.26. The third-order valence-electron chi connectivity index (χ3n) is 2.64. The number of esters is 1. The number of carbonyl (C=O) groups excluding carboxylic acids is 2. The number of nitrogens with zero attached hydrogens (tertiary/aromatic N) is 1. The number of ether oxygens (including phenoxy) is 2. The van der Waals surface area contributed by atoms with Crippen LogP contribution in [0.25, 0.3) is 0 Å². The maximum atomic E-state index is 13.1. The molecule has 1 rings (SSSR count). The van der Waals surface area contributed by atoms with Crippen LogP contribution in [0, 0.1) is 9.39 Å². The van der Waals surface area contributed by atoms with Crippen LogP contribution in [0.5, 0.6) is 0 Å². The largest absolute Gasteiger partial charge is 0.465 e. The van der Waals surface area contributed by atoms with E-state index in [0.29, 0.717) is 15.7 Å². The molecule has 7 heteroatoms. The molecular formula is C14H17FINO4. The molecule has 0 radical (unpaired) electrons. The van der Waals surface area contributed by atoms with Gasteiger partial charge in [-0.25, -0.2) is 4.39 Å². The Morgan fingerprint density at radius 3 is 2.67 bits per heavy atom. The molecule has 0 aliphatic heterocycles. The lowest BCUT2D eigenvalue weighted by molar-refractivity contribution is -0.143. The van der Waals surface area contributed by atoms with Crippen molar-refractivity contribution in [3.8, 4) is 0 Å². The van der Waals surface area contributed by atoms with Crippen molar-refractivity contribution in [1.29, 1.82) is 0 Å². The maximum absolute atomic E-state index is 13.1. The molecule has 0 unspecified atom stereocenters. The van der Waals surface area contributed by atoms with Crippen LogP contribution in [-0.4, -0.2) is 50.2 Å². The predicted octanol–water partition coefficient (Wildman–Crippen LogP) is 2.08. The monoisotopic (exact) mass is 409 g/mol. The summed E-state index contributed by atoms with van der Waals surface area (Å²) in [6, 6.07) is 3.89. The molecular weight excluding hydrogens is 392 g/mol. The number of methoxy groups -OCH3 is 1. The minimum Gasteiger partial charge on any atom is -0.465 e. The van der Waals surface area contributed by atoms with Crippen LogP contribution < -0.4 is 0 Å². The van der Waals surface area contributed by atoms with Gasteiger partial charge in [-0.15, -0.1) is 0 Å². The van der Waals surface area contributed by atoms with Crippen molar-refractivity contribution >= 4 is 34.5 Å². The van der Waals surface area contributed by atoms with E-state index in [1.54, 1.807) is 6.92 Å². The summed E-state index contributed by atoms with van der Waals surface area (Å²) in [7, 11) is 1.51. The van der Waals surface area contributed by atoms with Crippen molar-refractivity contribution in [1.82, 2.24) is 4.90 Å². The number of halogens is 2. The van der Waals surface area contributed by atoms with Gasteiger partial charge >= 0.3 is 5.97 Å². The lowest BCUT2D eigenvalue weighted by Gasteiger charge is -2.22. The van der Waals surface area contributed by atoms with Gasteiger partial charge in [0.15, 0.2) is 0 Å². The van der Waals surface area contributed by atoms with Gasteiger partial charge in [0, 0.05) is 17.2 Å². The van der Waals surface area contributed by atoms with Crippen molar-refractivity contribution in [2.45, 2.75) is 6.92 Å². The van der Waals surface area contributed by atoms with Crippen LogP contribution in [0.3, 0.4) is 0 Å². The maximum Gasteiger partial charge on any atom is 0.325 e. The lowest BCUT2D eigenvalue weighted by atomic mass is 10.2. The average molecular weight is 409 g/mol. The van der Waals surface area contributed by atoms with Crippen LogP contribution in [0.2, 0.25) is 0 Å². The molecule has 0 fully saturated rings. The first kappa shape index (κ1) is 17.8. The molecule has 5 nitrogen and oxygen atoms in total. The van der Waals surface area contributed by atoms with Gasteiger partial charge in [0.25, 0.3) is 5.91 Å². The van der Waals surface area contributed by atoms with E-state index in [-0.39, 0.29) is 25.6 Å². The Balaban J connectivity index is 2.90. The zero-order valence-electron chi connectivity index (χ0n) is 11.9. The Morgan fingerprint density at radius 2 is 2.10 bits per heavy atom. The highest BCUT2D eigenvalue weighted by Gasteiger charge is 2.21. The molecule has 0 aliphatic carbocycles. The number of rotatable bonds is 7. The van der Waals surface area contributed by atoms with Crippen LogP contribution in [0.1, 0.15) is 17.3 Å². The van der Waals surface area contributed by atoms with Crippen molar-refractivity contribution in [2.75, 3.05) is 33.4 Å². The number of carbonyl (C=O) groups is 2. The molecule has 0 heterocycles. The van der Waals surface area contributed by atoms with Gasteiger partial charge in [0.05, 0.1) is 18.8 Å². The molecule has 0 bridgehead atoms.